The molecule has 2 unspecified atom stereocenters. The van der Waals surface area contributed by atoms with Crippen molar-refractivity contribution in [3.05, 3.63) is 34.1 Å². The number of esters is 1. The number of benzene rings is 1. The Balaban J connectivity index is 2.16. The van der Waals surface area contributed by atoms with Gasteiger partial charge in [-0.3, -0.25) is 9.69 Å². The number of methoxy groups -OCH3 is 1. The predicted octanol–water partition coefficient (Wildman–Crippen LogP) is 1.70. The SMILES string of the molecule is COC(=O)C1CC(O)CN1Cc1cc(Br)ccc1F. The average molecular weight is 332 g/mol. The maximum Gasteiger partial charge on any atom is 0.323 e. The average Bonchev–Trinajstić information content (AvgIpc) is 2.74. The first-order chi connectivity index (χ1) is 9.01. The summed E-state index contributed by atoms with van der Waals surface area (Å²) >= 11 is 3.29. The summed E-state index contributed by atoms with van der Waals surface area (Å²) in [7, 11) is 1.31. The molecule has 0 amide bonds. The van der Waals surface area contributed by atoms with Crippen molar-refractivity contribution in [2.45, 2.75) is 25.1 Å². The van der Waals surface area contributed by atoms with Crippen LogP contribution >= 0.6 is 15.9 Å². The first-order valence-electron chi connectivity index (χ1n) is 5.95. The molecule has 1 aromatic carbocycles. The van der Waals surface area contributed by atoms with Crippen molar-refractivity contribution in [3.63, 3.8) is 0 Å². The molecule has 0 radical (unpaired) electrons. The fourth-order valence-corrected chi connectivity index (χ4v) is 2.73. The molecule has 1 aromatic rings. The van der Waals surface area contributed by atoms with Crippen LogP contribution in [0.5, 0.6) is 0 Å². The second-order valence-corrected chi connectivity index (χ2v) is 5.51. The molecule has 6 heteroatoms. The van der Waals surface area contributed by atoms with Crippen LogP contribution in [0.3, 0.4) is 0 Å². The molecule has 1 aliphatic rings. The van der Waals surface area contributed by atoms with E-state index in [1.165, 1.54) is 13.2 Å². The van der Waals surface area contributed by atoms with Crippen molar-refractivity contribution < 1.29 is 19.0 Å². The molecule has 1 N–H and O–H groups in total. The first-order valence-corrected chi connectivity index (χ1v) is 6.74. The molecule has 0 saturated carbocycles. The van der Waals surface area contributed by atoms with Gasteiger partial charge < -0.3 is 9.84 Å². The van der Waals surface area contributed by atoms with Gasteiger partial charge in [0, 0.05) is 29.5 Å². The molecule has 1 saturated heterocycles. The predicted molar refractivity (Wildman–Crippen MR) is 70.9 cm³/mol. The summed E-state index contributed by atoms with van der Waals surface area (Å²) < 4.78 is 19.2. The van der Waals surface area contributed by atoms with Crippen molar-refractivity contribution in [2.75, 3.05) is 13.7 Å². The summed E-state index contributed by atoms with van der Waals surface area (Å²) in [5.41, 5.74) is 0.484. The highest BCUT2D eigenvalue weighted by atomic mass is 79.9. The lowest BCUT2D eigenvalue weighted by atomic mass is 10.1. The molecule has 0 bridgehead atoms. The Labute approximate surface area is 119 Å². The number of rotatable bonds is 3. The zero-order chi connectivity index (χ0) is 14.0. The Bertz CT molecular complexity index is 483. The van der Waals surface area contributed by atoms with Crippen LogP contribution in [-0.4, -0.2) is 41.8 Å². The smallest absolute Gasteiger partial charge is 0.323 e. The van der Waals surface area contributed by atoms with Crippen LogP contribution in [0, 0.1) is 5.82 Å². The lowest BCUT2D eigenvalue weighted by molar-refractivity contribution is -0.146. The summed E-state index contributed by atoms with van der Waals surface area (Å²) in [5.74, 6) is -0.722. The number of carbonyl (C=O) groups excluding carboxylic acids is 1. The van der Waals surface area contributed by atoms with E-state index in [-0.39, 0.29) is 12.4 Å². The second-order valence-electron chi connectivity index (χ2n) is 4.59. The Morgan fingerprint density at radius 2 is 2.37 bits per heavy atom. The molecule has 1 heterocycles. The van der Waals surface area contributed by atoms with Gasteiger partial charge >= 0.3 is 5.97 Å². The zero-order valence-corrected chi connectivity index (χ0v) is 12.1. The fourth-order valence-electron chi connectivity index (χ4n) is 2.32. The summed E-state index contributed by atoms with van der Waals surface area (Å²) in [6, 6.07) is 4.15. The quantitative estimate of drug-likeness (QED) is 0.856. The lowest BCUT2D eigenvalue weighted by Crippen LogP contribution is -2.36. The van der Waals surface area contributed by atoms with Gasteiger partial charge in [0.25, 0.3) is 0 Å². The number of carbonyl (C=O) groups is 1. The molecule has 4 nitrogen and oxygen atoms in total. The van der Waals surface area contributed by atoms with Crippen molar-refractivity contribution >= 4 is 21.9 Å². The molecule has 2 atom stereocenters. The molecule has 0 aromatic heterocycles. The van der Waals surface area contributed by atoms with Gasteiger partial charge in [-0.1, -0.05) is 15.9 Å². The third-order valence-corrected chi connectivity index (χ3v) is 3.73. The highest BCUT2D eigenvalue weighted by Gasteiger charge is 2.36. The maximum absolute atomic E-state index is 13.7. The largest absolute Gasteiger partial charge is 0.468 e. The topological polar surface area (TPSA) is 49.8 Å². The maximum atomic E-state index is 13.7. The van der Waals surface area contributed by atoms with Gasteiger partial charge in [0.05, 0.1) is 13.2 Å². The minimum Gasteiger partial charge on any atom is -0.468 e. The molecule has 0 spiro atoms. The number of ether oxygens (including phenoxy) is 1. The molecular weight excluding hydrogens is 317 g/mol. The minimum atomic E-state index is -0.584. The van der Waals surface area contributed by atoms with Crippen molar-refractivity contribution in [2.24, 2.45) is 0 Å². The summed E-state index contributed by atoms with van der Waals surface area (Å²) in [6.45, 7) is 0.605. The first kappa shape index (κ1) is 14.4. The molecule has 1 fully saturated rings. The molecule has 19 heavy (non-hydrogen) atoms. The van der Waals surface area contributed by atoms with Gasteiger partial charge in [-0.2, -0.15) is 0 Å². The third kappa shape index (κ3) is 3.32. The number of likely N-dealkylation sites (tertiary alicyclic amines) is 1. The van der Waals surface area contributed by atoms with Gasteiger partial charge in [0.1, 0.15) is 11.9 Å². The van der Waals surface area contributed by atoms with Crippen molar-refractivity contribution in [1.29, 1.82) is 0 Å². The van der Waals surface area contributed by atoms with Gasteiger partial charge in [-0.25, -0.2) is 4.39 Å². The monoisotopic (exact) mass is 331 g/mol. The van der Waals surface area contributed by atoms with Crippen molar-refractivity contribution in [1.82, 2.24) is 4.90 Å². The second kappa shape index (κ2) is 5.98. The summed E-state index contributed by atoms with van der Waals surface area (Å²) in [5, 5.41) is 9.66. The van der Waals surface area contributed by atoms with Gasteiger partial charge in [0.2, 0.25) is 0 Å². The number of halogens is 2. The Morgan fingerprint density at radius 1 is 1.63 bits per heavy atom. The standard InChI is InChI=1S/C13H15BrFNO3/c1-19-13(18)12-5-10(17)7-16(12)6-8-4-9(14)2-3-11(8)15/h2-4,10,12,17H,5-7H2,1H3. The highest BCUT2D eigenvalue weighted by Crippen LogP contribution is 2.24. The van der Waals surface area contributed by atoms with E-state index in [1.54, 1.807) is 17.0 Å². The lowest BCUT2D eigenvalue weighted by Gasteiger charge is -2.22. The fraction of sp³-hybridized carbons (Fsp3) is 0.462. The molecule has 2 rings (SSSR count). The van der Waals surface area contributed by atoms with Gasteiger partial charge in [-0.05, 0) is 18.2 Å². The molecule has 104 valence electrons. The van der Waals surface area contributed by atoms with Crippen molar-refractivity contribution in [3.8, 4) is 0 Å². The highest BCUT2D eigenvalue weighted by molar-refractivity contribution is 9.10. The van der Waals surface area contributed by atoms with Crippen LogP contribution in [-0.2, 0) is 16.1 Å². The van der Waals surface area contributed by atoms with E-state index in [2.05, 4.69) is 15.9 Å². The minimum absolute atomic E-state index is 0.266. The number of hydrogen-bond acceptors (Lipinski definition) is 4. The van der Waals surface area contributed by atoms with E-state index < -0.39 is 18.1 Å². The number of hydrogen-bond donors (Lipinski definition) is 1. The van der Waals surface area contributed by atoms with Crippen LogP contribution in [0.15, 0.2) is 22.7 Å². The van der Waals surface area contributed by atoms with E-state index in [0.29, 0.717) is 18.5 Å². The van der Waals surface area contributed by atoms with Crippen LogP contribution < -0.4 is 0 Å². The van der Waals surface area contributed by atoms with Gasteiger partial charge in [0.15, 0.2) is 0 Å². The molecular formula is C13H15BrFNO3. The zero-order valence-electron chi connectivity index (χ0n) is 10.5. The van der Waals surface area contributed by atoms with E-state index in [1.807, 2.05) is 0 Å². The normalized spacial score (nSPS) is 23.6. The number of nitrogens with zero attached hydrogens (tertiary/aromatic N) is 1. The number of aliphatic hydroxyl groups excluding tert-OH is 1. The molecule has 0 aliphatic carbocycles. The Hall–Kier alpha value is -0.980. The Morgan fingerprint density at radius 3 is 3.05 bits per heavy atom. The Kier molecular flexibility index (Phi) is 4.54. The molecule has 1 aliphatic heterocycles. The van der Waals surface area contributed by atoms with Crippen LogP contribution in [0.4, 0.5) is 4.39 Å². The van der Waals surface area contributed by atoms with E-state index in [9.17, 15) is 14.3 Å². The van der Waals surface area contributed by atoms with E-state index >= 15 is 0 Å². The van der Waals surface area contributed by atoms with E-state index in [0.717, 1.165) is 4.47 Å². The van der Waals surface area contributed by atoms with E-state index in [4.69, 9.17) is 4.74 Å². The number of aliphatic hydroxyl groups is 1. The third-order valence-electron chi connectivity index (χ3n) is 3.24. The van der Waals surface area contributed by atoms with Crippen LogP contribution in [0.25, 0.3) is 0 Å². The summed E-state index contributed by atoms with van der Waals surface area (Å²) in [4.78, 5) is 13.4. The van der Waals surface area contributed by atoms with Crippen LogP contribution in [0.1, 0.15) is 12.0 Å². The summed E-state index contributed by atoms with van der Waals surface area (Å²) in [6.07, 6.45) is -0.262. The number of β-amino-alcohol motifs (C(OH)–C–C–N with tert-alkyl or cyclic N) is 1. The van der Waals surface area contributed by atoms with Crippen LogP contribution in [0.2, 0.25) is 0 Å². The van der Waals surface area contributed by atoms with Gasteiger partial charge in [-0.15, -0.1) is 0 Å².